The number of nitriles is 1. The van der Waals surface area contributed by atoms with Crippen LogP contribution in [-0.4, -0.2) is 10.9 Å². The number of ether oxygens (including phenoxy) is 1. The molecule has 6 nitrogen and oxygen atoms in total. The lowest BCUT2D eigenvalue weighted by atomic mass is 10.00. The Morgan fingerprint density at radius 1 is 1.00 bits per heavy atom. The Labute approximate surface area is 166 Å². The van der Waals surface area contributed by atoms with Gasteiger partial charge in [-0.05, 0) is 17.7 Å². The fourth-order valence-corrected chi connectivity index (χ4v) is 3.42. The van der Waals surface area contributed by atoms with Gasteiger partial charge in [0.2, 0.25) is 0 Å². The van der Waals surface area contributed by atoms with Crippen molar-refractivity contribution in [3.8, 4) is 6.07 Å². The van der Waals surface area contributed by atoms with Gasteiger partial charge in [0, 0.05) is 12.1 Å². The summed E-state index contributed by atoms with van der Waals surface area (Å²) < 4.78 is 5.19. The number of rotatable bonds is 2. The van der Waals surface area contributed by atoms with Crippen LogP contribution in [0.4, 0.5) is 5.69 Å². The van der Waals surface area contributed by atoms with Crippen molar-refractivity contribution in [2.75, 3.05) is 0 Å². The zero-order chi connectivity index (χ0) is 19.2. The average Bonchev–Trinajstić information content (AvgIpc) is 2.96. The third kappa shape index (κ3) is 2.79. The van der Waals surface area contributed by atoms with E-state index in [9.17, 15) is 20.2 Å². The highest BCUT2D eigenvalue weighted by Gasteiger charge is 2.37. The van der Waals surface area contributed by atoms with Gasteiger partial charge in [-0.2, -0.15) is 5.26 Å². The molecule has 130 valence electrons. The second-order valence-electron chi connectivity index (χ2n) is 5.02. The molecule has 0 spiro atoms. The number of benzene rings is 2. The predicted octanol–water partition coefficient (Wildman–Crippen LogP) is 5.77. The normalized spacial score (nSPS) is 14.5. The molecule has 0 atom stereocenters. The molecule has 26 heavy (non-hydrogen) atoms. The second kappa shape index (κ2) is 6.78. The highest BCUT2D eigenvalue weighted by atomic mass is 35.5. The molecule has 1 aliphatic heterocycles. The van der Waals surface area contributed by atoms with Gasteiger partial charge in [0.1, 0.15) is 11.6 Å². The molecule has 2 aromatic carbocycles. The number of carbonyl (C=O) groups excluding carboxylic acids is 1. The Balaban J connectivity index is 2.29. The summed E-state index contributed by atoms with van der Waals surface area (Å²) in [4.78, 5) is 22.4. The molecule has 0 radical (unpaired) electrons. The first kappa shape index (κ1) is 18.5. The molecule has 0 saturated heterocycles. The molecule has 0 bridgehead atoms. The van der Waals surface area contributed by atoms with Crippen LogP contribution in [0.15, 0.2) is 24.3 Å². The largest absolute Gasteiger partial charge is 0.421 e. The van der Waals surface area contributed by atoms with E-state index in [1.54, 1.807) is 0 Å². The van der Waals surface area contributed by atoms with Gasteiger partial charge in [0.05, 0.1) is 36.1 Å². The smallest absolute Gasteiger partial charge is 0.345 e. The number of hydrogen-bond acceptors (Lipinski definition) is 5. The summed E-state index contributed by atoms with van der Waals surface area (Å²) in [5.74, 6) is -0.984. The zero-order valence-electron chi connectivity index (χ0n) is 12.3. The standard InChI is InChI=1S/C16H4Cl4N2O4/c17-11-9-10(12(18)14(20)13(11)19)16(23)26-15(9)8(5-21)6-1-3-7(4-2-6)22(24)25/h1-4H. The van der Waals surface area contributed by atoms with E-state index in [1.807, 2.05) is 6.07 Å². The number of halogens is 4. The van der Waals surface area contributed by atoms with Crippen molar-refractivity contribution in [2.24, 2.45) is 0 Å². The predicted molar refractivity (Wildman–Crippen MR) is 97.4 cm³/mol. The van der Waals surface area contributed by atoms with E-state index in [0.717, 1.165) is 0 Å². The molecule has 2 aromatic rings. The van der Waals surface area contributed by atoms with Crippen molar-refractivity contribution in [3.63, 3.8) is 0 Å². The first-order chi connectivity index (χ1) is 12.3. The lowest BCUT2D eigenvalue weighted by Gasteiger charge is -2.09. The van der Waals surface area contributed by atoms with Gasteiger partial charge in [-0.25, -0.2) is 4.79 Å². The van der Waals surface area contributed by atoms with E-state index in [2.05, 4.69) is 0 Å². The fourth-order valence-electron chi connectivity index (χ4n) is 2.40. The molecule has 0 N–H and O–H groups in total. The summed E-state index contributed by atoms with van der Waals surface area (Å²) in [7, 11) is 0. The van der Waals surface area contributed by atoms with Crippen LogP contribution in [0.25, 0.3) is 11.3 Å². The van der Waals surface area contributed by atoms with E-state index in [4.69, 9.17) is 51.1 Å². The van der Waals surface area contributed by atoms with Crippen molar-refractivity contribution < 1.29 is 14.5 Å². The molecule has 0 aromatic heterocycles. The van der Waals surface area contributed by atoms with E-state index >= 15 is 0 Å². The number of nitro benzene ring substituents is 1. The number of esters is 1. The van der Waals surface area contributed by atoms with Gasteiger partial charge >= 0.3 is 5.97 Å². The molecule has 0 saturated carbocycles. The highest BCUT2D eigenvalue weighted by Crippen LogP contribution is 2.49. The SMILES string of the molecule is N#CC(=C1OC(=O)c2c(Cl)c(Cl)c(Cl)c(Cl)c21)c1ccc([N+](=O)[O-])cc1. The molecule has 0 aliphatic carbocycles. The van der Waals surface area contributed by atoms with Crippen molar-refractivity contribution in [2.45, 2.75) is 0 Å². The minimum Gasteiger partial charge on any atom is -0.421 e. The molecule has 3 rings (SSSR count). The Kier molecular flexibility index (Phi) is 4.82. The van der Waals surface area contributed by atoms with Crippen molar-refractivity contribution >= 4 is 69.4 Å². The fraction of sp³-hybridized carbons (Fsp3) is 0. The maximum Gasteiger partial charge on any atom is 0.345 e. The number of allylic oxidation sites excluding steroid dienone is 1. The van der Waals surface area contributed by atoms with Crippen LogP contribution in [0.3, 0.4) is 0 Å². The summed E-state index contributed by atoms with van der Waals surface area (Å²) >= 11 is 24.2. The van der Waals surface area contributed by atoms with Crippen LogP contribution >= 0.6 is 46.4 Å². The second-order valence-corrected chi connectivity index (χ2v) is 6.53. The molecule has 1 heterocycles. The van der Waals surface area contributed by atoms with Crippen molar-refractivity contribution in [1.29, 1.82) is 5.26 Å². The lowest BCUT2D eigenvalue weighted by Crippen LogP contribution is -1.96. The molecular weight excluding hydrogens is 426 g/mol. The Hall–Kier alpha value is -2.30. The average molecular weight is 430 g/mol. The van der Waals surface area contributed by atoms with Crippen LogP contribution < -0.4 is 0 Å². The maximum atomic E-state index is 12.2. The van der Waals surface area contributed by atoms with Gasteiger partial charge in [-0.3, -0.25) is 10.1 Å². The number of nitrogens with zero attached hydrogens (tertiary/aromatic N) is 2. The van der Waals surface area contributed by atoms with Gasteiger partial charge in [-0.15, -0.1) is 0 Å². The highest BCUT2D eigenvalue weighted by molar-refractivity contribution is 6.54. The van der Waals surface area contributed by atoms with Crippen LogP contribution in [0.5, 0.6) is 0 Å². The topological polar surface area (TPSA) is 93.2 Å². The van der Waals surface area contributed by atoms with Crippen LogP contribution in [-0.2, 0) is 4.74 Å². The minimum absolute atomic E-state index is 0.0472. The number of hydrogen-bond donors (Lipinski definition) is 0. The van der Waals surface area contributed by atoms with Crippen LogP contribution in [0, 0.1) is 21.4 Å². The van der Waals surface area contributed by atoms with Gasteiger partial charge in [0.25, 0.3) is 5.69 Å². The Morgan fingerprint density at radius 2 is 1.54 bits per heavy atom. The minimum atomic E-state index is -0.838. The Morgan fingerprint density at radius 3 is 2.04 bits per heavy atom. The van der Waals surface area contributed by atoms with E-state index < -0.39 is 10.9 Å². The molecule has 10 heteroatoms. The molecule has 0 unspecified atom stereocenters. The number of nitro groups is 1. The quantitative estimate of drug-likeness (QED) is 0.151. The summed E-state index contributed by atoms with van der Waals surface area (Å²) in [6.45, 7) is 0. The van der Waals surface area contributed by atoms with Crippen molar-refractivity contribution in [3.05, 3.63) is 71.2 Å². The van der Waals surface area contributed by atoms with Crippen molar-refractivity contribution in [1.82, 2.24) is 0 Å². The number of cyclic esters (lactones) is 1. The molecule has 0 fully saturated rings. The maximum absolute atomic E-state index is 12.2. The lowest BCUT2D eigenvalue weighted by molar-refractivity contribution is -0.384. The summed E-state index contributed by atoms with van der Waals surface area (Å²) in [5, 5.41) is 19.9. The third-order valence-electron chi connectivity index (χ3n) is 3.60. The summed E-state index contributed by atoms with van der Waals surface area (Å²) in [6.07, 6.45) is 0. The Bertz CT molecular complexity index is 1060. The number of carbonyl (C=O) groups is 1. The summed E-state index contributed by atoms with van der Waals surface area (Å²) in [6, 6.07) is 7.04. The monoisotopic (exact) mass is 428 g/mol. The molecule has 0 amide bonds. The van der Waals surface area contributed by atoms with Crippen LogP contribution in [0.2, 0.25) is 20.1 Å². The van der Waals surface area contributed by atoms with Gasteiger partial charge in [0.15, 0.2) is 5.76 Å². The third-order valence-corrected chi connectivity index (χ3v) is 5.40. The summed E-state index contributed by atoms with van der Waals surface area (Å²) in [5.41, 5.74) is 0.00724. The zero-order valence-corrected chi connectivity index (χ0v) is 15.4. The van der Waals surface area contributed by atoms with Gasteiger partial charge in [-0.1, -0.05) is 46.4 Å². The number of non-ortho nitro benzene ring substituents is 1. The molecular formula is C16H4Cl4N2O4. The van der Waals surface area contributed by atoms with E-state index in [0.29, 0.717) is 0 Å². The first-order valence-corrected chi connectivity index (χ1v) is 8.26. The molecule has 1 aliphatic rings. The van der Waals surface area contributed by atoms with Gasteiger partial charge < -0.3 is 4.74 Å². The first-order valence-electron chi connectivity index (χ1n) is 6.75. The number of fused-ring (bicyclic) bond motifs is 1. The van der Waals surface area contributed by atoms with E-state index in [1.165, 1.54) is 24.3 Å². The van der Waals surface area contributed by atoms with Crippen LogP contribution in [0.1, 0.15) is 21.5 Å². The van der Waals surface area contributed by atoms with E-state index in [-0.39, 0.29) is 53.8 Å².